The summed E-state index contributed by atoms with van der Waals surface area (Å²) >= 11 is 2.34. The summed E-state index contributed by atoms with van der Waals surface area (Å²) in [5, 5.41) is 13.3. The maximum atomic E-state index is 13.6. The number of hydrogen-bond donors (Lipinski definition) is 2. The highest BCUT2D eigenvalue weighted by Gasteiger charge is 2.14. The molecule has 138 valence electrons. The van der Waals surface area contributed by atoms with E-state index in [9.17, 15) is 14.0 Å². The van der Waals surface area contributed by atoms with Crippen molar-refractivity contribution in [2.75, 3.05) is 11.1 Å². The molecule has 0 fully saturated rings. The van der Waals surface area contributed by atoms with Crippen molar-refractivity contribution in [1.82, 2.24) is 15.5 Å². The third-order valence-electron chi connectivity index (χ3n) is 3.40. The van der Waals surface area contributed by atoms with Gasteiger partial charge in [0.1, 0.15) is 5.82 Å². The molecule has 0 aliphatic heterocycles. The van der Waals surface area contributed by atoms with E-state index >= 15 is 0 Å². The van der Waals surface area contributed by atoms with Crippen LogP contribution in [-0.4, -0.2) is 27.8 Å². The molecule has 6 nitrogen and oxygen atoms in total. The first-order valence-electron chi connectivity index (χ1n) is 7.94. The molecule has 3 rings (SSSR count). The van der Waals surface area contributed by atoms with Crippen LogP contribution in [0.3, 0.4) is 0 Å². The number of aromatic nitrogens is 2. The second-order valence-corrected chi connectivity index (χ2v) is 7.56. The van der Waals surface area contributed by atoms with E-state index in [0.29, 0.717) is 10.9 Å². The number of amides is 2. The SMILES string of the molecule is O=C(CSc1nnc(NC(=O)c2ccccc2F)s1)NCc1ccccc1. The Bertz CT molecular complexity index is 934. The minimum atomic E-state index is -0.607. The Hall–Kier alpha value is -2.78. The number of halogens is 1. The monoisotopic (exact) mass is 402 g/mol. The number of benzene rings is 2. The van der Waals surface area contributed by atoms with Crippen molar-refractivity contribution in [1.29, 1.82) is 0 Å². The Labute approximate surface area is 163 Å². The summed E-state index contributed by atoms with van der Waals surface area (Å²) in [4.78, 5) is 24.0. The molecular weight excluding hydrogens is 387 g/mol. The van der Waals surface area contributed by atoms with Crippen molar-refractivity contribution < 1.29 is 14.0 Å². The molecule has 0 aliphatic rings. The molecular formula is C18H15FN4O2S2. The van der Waals surface area contributed by atoms with E-state index in [2.05, 4.69) is 20.8 Å². The predicted octanol–water partition coefficient (Wildman–Crippen LogP) is 3.34. The second-order valence-electron chi connectivity index (χ2n) is 5.36. The zero-order chi connectivity index (χ0) is 19.1. The van der Waals surface area contributed by atoms with Gasteiger partial charge in [-0.2, -0.15) is 0 Å². The topological polar surface area (TPSA) is 84.0 Å². The van der Waals surface area contributed by atoms with Gasteiger partial charge in [0, 0.05) is 6.54 Å². The minimum absolute atomic E-state index is 0.0674. The van der Waals surface area contributed by atoms with Gasteiger partial charge < -0.3 is 5.32 Å². The molecule has 27 heavy (non-hydrogen) atoms. The normalized spacial score (nSPS) is 10.4. The van der Waals surface area contributed by atoms with Gasteiger partial charge in [-0.25, -0.2) is 4.39 Å². The summed E-state index contributed by atoms with van der Waals surface area (Å²) < 4.78 is 14.1. The fraction of sp³-hybridized carbons (Fsp3) is 0.111. The van der Waals surface area contributed by atoms with Crippen LogP contribution in [0.2, 0.25) is 0 Å². The minimum Gasteiger partial charge on any atom is -0.351 e. The van der Waals surface area contributed by atoms with Gasteiger partial charge in [-0.15, -0.1) is 10.2 Å². The van der Waals surface area contributed by atoms with Crippen molar-refractivity contribution in [2.45, 2.75) is 10.9 Å². The van der Waals surface area contributed by atoms with E-state index in [0.717, 1.165) is 16.9 Å². The van der Waals surface area contributed by atoms with Crippen LogP contribution in [0.15, 0.2) is 58.9 Å². The quantitative estimate of drug-likeness (QED) is 0.468. The Morgan fingerprint density at radius 2 is 1.78 bits per heavy atom. The Balaban J connectivity index is 1.47. The van der Waals surface area contributed by atoms with Gasteiger partial charge in [0.2, 0.25) is 11.0 Å². The lowest BCUT2D eigenvalue weighted by Gasteiger charge is -2.03. The van der Waals surface area contributed by atoms with Crippen molar-refractivity contribution in [3.63, 3.8) is 0 Å². The van der Waals surface area contributed by atoms with Crippen LogP contribution in [-0.2, 0) is 11.3 Å². The number of thioether (sulfide) groups is 1. The fourth-order valence-corrected chi connectivity index (χ4v) is 3.68. The van der Waals surface area contributed by atoms with Gasteiger partial charge in [0.15, 0.2) is 4.34 Å². The average Bonchev–Trinajstić information content (AvgIpc) is 3.13. The highest BCUT2D eigenvalue weighted by molar-refractivity contribution is 8.01. The molecule has 1 aromatic heterocycles. The number of nitrogens with zero attached hydrogens (tertiary/aromatic N) is 2. The van der Waals surface area contributed by atoms with Crippen LogP contribution in [0, 0.1) is 5.82 Å². The Morgan fingerprint density at radius 3 is 2.56 bits per heavy atom. The first kappa shape index (κ1) is 19.0. The third kappa shape index (κ3) is 5.60. The lowest BCUT2D eigenvalue weighted by Crippen LogP contribution is -2.24. The van der Waals surface area contributed by atoms with Crippen LogP contribution in [0.5, 0.6) is 0 Å². The van der Waals surface area contributed by atoms with E-state index in [1.165, 1.54) is 30.0 Å². The first-order chi connectivity index (χ1) is 13.1. The van der Waals surface area contributed by atoms with Gasteiger partial charge in [-0.3, -0.25) is 14.9 Å². The van der Waals surface area contributed by atoms with Crippen LogP contribution in [0.25, 0.3) is 0 Å². The van der Waals surface area contributed by atoms with Crippen molar-refractivity contribution in [3.8, 4) is 0 Å². The molecule has 0 bridgehead atoms. The van der Waals surface area contributed by atoms with Crippen LogP contribution in [0.1, 0.15) is 15.9 Å². The molecule has 0 atom stereocenters. The third-order valence-corrected chi connectivity index (χ3v) is 5.38. The Kier molecular flexibility index (Phi) is 6.50. The van der Waals surface area contributed by atoms with Gasteiger partial charge in [-0.1, -0.05) is 65.6 Å². The molecule has 0 saturated carbocycles. The maximum Gasteiger partial charge on any atom is 0.260 e. The van der Waals surface area contributed by atoms with Gasteiger partial charge in [-0.05, 0) is 17.7 Å². The lowest BCUT2D eigenvalue weighted by molar-refractivity contribution is -0.118. The molecule has 2 amide bonds. The van der Waals surface area contributed by atoms with Crippen LogP contribution in [0.4, 0.5) is 9.52 Å². The van der Waals surface area contributed by atoms with Crippen molar-refractivity contribution >= 4 is 40.0 Å². The number of carbonyl (C=O) groups is 2. The van der Waals surface area contributed by atoms with Crippen molar-refractivity contribution in [3.05, 3.63) is 71.5 Å². The summed E-state index contributed by atoms with van der Waals surface area (Å²) in [6.45, 7) is 0.459. The second kappa shape index (κ2) is 9.24. The molecule has 0 unspecified atom stereocenters. The van der Waals surface area contributed by atoms with E-state index < -0.39 is 11.7 Å². The Morgan fingerprint density at radius 1 is 1.04 bits per heavy atom. The predicted molar refractivity (Wildman–Crippen MR) is 103 cm³/mol. The average molecular weight is 402 g/mol. The molecule has 2 aromatic carbocycles. The molecule has 1 heterocycles. The van der Waals surface area contributed by atoms with E-state index in [4.69, 9.17) is 0 Å². The molecule has 9 heteroatoms. The molecule has 0 aliphatic carbocycles. The lowest BCUT2D eigenvalue weighted by atomic mass is 10.2. The number of hydrogen-bond acceptors (Lipinski definition) is 6. The molecule has 0 saturated heterocycles. The number of carbonyl (C=O) groups excluding carboxylic acids is 2. The smallest absolute Gasteiger partial charge is 0.260 e. The van der Waals surface area contributed by atoms with Crippen LogP contribution >= 0.6 is 23.1 Å². The zero-order valence-corrected chi connectivity index (χ0v) is 15.6. The summed E-state index contributed by atoms with van der Waals surface area (Å²) in [7, 11) is 0. The van der Waals surface area contributed by atoms with Gasteiger partial charge >= 0.3 is 0 Å². The van der Waals surface area contributed by atoms with Crippen molar-refractivity contribution in [2.24, 2.45) is 0 Å². The van der Waals surface area contributed by atoms with Gasteiger partial charge in [0.05, 0.1) is 11.3 Å². The summed E-state index contributed by atoms with van der Waals surface area (Å²) in [6, 6.07) is 15.3. The highest BCUT2D eigenvalue weighted by Crippen LogP contribution is 2.25. The summed E-state index contributed by atoms with van der Waals surface area (Å²) in [6.07, 6.45) is 0. The molecule has 3 aromatic rings. The molecule has 0 radical (unpaired) electrons. The highest BCUT2D eigenvalue weighted by atomic mass is 32.2. The number of anilines is 1. The number of rotatable bonds is 7. The van der Waals surface area contributed by atoms with Gasteiger partial charge in [0.25, 0.3) is 5.91 Å². The zero-order valence-electron chi connectivity index (χ0n) is 14.0. The van der Waals surface area contributed by atoms with E-state index in [1.807, 2.05) is 30.3 Å². The van der Waals surface area contributed by atoms with E-state index in [-0.39, 0.29) is 22.4 Å². The summed E-state index contributed by atoms with van der Waals surface area (Å²) in [5.74, 6) is -1.15. The summed E-state index contributed by atoms with van der Waals surface area (Å²) in [5.41, 5.74) is 0.951. The van der Waals surface area contributed by atoms with Crippen LogP contribution < -0.4 is 10.6 Å². The maximum absolute atomic E-state index is 13.6. The number of nitrogens with one attached hydrogen (secondary N) is 2. The molecule has 0 spiro atoms. The largest absolute Gasteiger partial charge is 0.351 e. The molecule has 2 N–H and O–H groups in total. The van der Waals surface area contributed by atoms with E-state index in [1.54, 1.807) is 6.07 Å². The fourth-order valence-electron chi connectivity index (χ4n) is 2.10. The standard InChI is InChI=1S/C18H15FN4O2S2/c19-14-9-5-4-8-13(14)16(25)21-17-22-23-18(27-17)26-11-15(24)20-10-12-6-2-1-3-7-12/h1-9H,10-11H2,(H,20,24)(H,21,22,25). The first-order valence-corrected chi connectivity index (χ1v) is 9.75.